The van der Waals surface area contributed by atoms with E-state index in [0.717, 1.165) is 44.5 Å². The normalized spacial score (nSPS) is 11.0. The smallest absolute Gasteiger partial charge is 0.156 e. The van der Waals surface area contributed by atoms with E-state index in [-0.39, 0.29) is 0 Å². The Labute approximate surface area is 179 Å². The van der Waals surface area contributed by atoms with Crippen LogP contribution >= 0.6 is 11.6 Å². The summed E-state index contributed by atoms with van der Waals surface area (Å²) in [5.41, 5.74) is 6.07. The Morgan fingerprint density at radius 2 is 1.67 bits per heavy atom. The van der Waals surface area contributed by atoms with E-state index in [1.54, 1.807) is 6.20 Å². The quantitative estimate of drug-likeness (QED) is 0.403. The molecule has 5 rings (SSSR count). The van der Waals surface area contributed by atoms with Gasteiger partial charge in [0.05, 0.1) is 24.6 Å². The molecule has 0 aliphatic rings. The fourth-order valence-electron chi connectivity index (χ4n) is 3.33. The molecule has 5 nitrogen and oxygen atoms in total. The lowest BCUT2D eigenvalue weighted by Crippen LogP contribution is -1.99. The van der Waals surface area contributed by atoms with Crippen molar-refractivity contribution in [3.8, 4) is 33.9 Å². The standard InChI is InChI=1S/C24H18ClN5/c25-21-8-6-17(7-9-21)15-30-16-20(13-28-30)19-10-11-26-22(12-19)24-27-14-23(29-24)18-4-2-1-3-5-18/h1-14,16H,15H2,(H,27,29). The van der Waals surface area contributed by atoms with Gasteiger partial charge in [0.2, 0.25) is 0 Å². The van der Waals surface area contributed by atoms with E-state index in [1.165, 1.54) is 0 Å². The number of hydrogen-bond donors (Lipinski definition) is 1. The molecule has 0 fully saturated rings. The topological polar surface area (TPSA) is 59.4 Å². The molecule has 0 saturated heterocycles. The number of rotatable bonds is 5. The number of imidazole rings is 1. The second-order valence-corrected chi connectivity index (χ2v) is 7.43. The van der Waals surface area contributed by atoms with E-state index in [1.807, 2.05) is 77.9 Å². The third-order valence-corrected chi connectivity index (χ3v) is 5.14. The van der Waals surface area contributed by atoms with E-state index < -0.39 is 0 Å². The maximum atomic E-state index is 5.96. The Morgan fingerprint density at radius 3 is 2.50 bits per heavy atom. The molecule has 0 saturated carbocycles. The second kappa shape index (κ2) is 7.97. The summed E-state index contributed by atoms with van der Waals surface area (Å²) in [5.74, 6) is 0.740. The predicted molar refractivity (Wildman–Crippen MR) is 119 cm³/mol. The highest BCUT2D eigenvalue weighted by molar-refractivity contribution is 6.30. The first-order valence-corrected chi connectivity index (χ1v) is 9.96. The number of aromatic nitrogens is 5. The lowest BCUT2D eigenvalue weighted by Gasteiger charge is -2.02. The van der Waals surface area contributed by atoms with Gasteiger partial charge in [0.25, 0.3) is 0 Å². The van der Waals surface area contributed by atoms with Crippen molar-refractivity contribution in [3.63, 3.8) is 0 Å². The molecule has 3 aromatic heterocycles. The summed E-state index contributed by atoms with van der Waals surface area (Å²) >= 11 is 5.96. The van der Waals surface area contributed by atoms with Crippen LogP contribution in [-0.4, -0.2) is 24.7 Å². The van der Waals surface area contributed by atoms with Crippen LogP contribution in [0.25, 0.3) is 33.9 Å². The van der Waals surface area contributed by atoms with Crippen molar-refractivity contribution in [2.24, 2.45) is 0 Å². The minimum atomic E-state index is 0.688. The highest BCUT2D eigenvalue weighted by atomic mass is 35.5. The van der Waals surface area contributed by atoms with Crippen LogP contribution in [0.15, 0.2) is 91.5 Å². The monoisotopic (exact) mass is 411 g/mol. The summed E-state index contributed by atoms with van der Waals surface area (Å²) in [4.78, 5) is 12.4. The van der Waals surface area contributed by atoms with Crippen molar-refractivity contribution in [1.29, 1.82) is 0 Å². The number of halogens is 1. The molecule has 30 heavy (non-hydrogen) atoms. The van der Waals surface area contributed by atoms with Gasteiger partial charge in [0, 0.05) is 23.0 Å². The summed E-state index contributed by atoms with van der Waals surface area (Å²) < 4.78 is 1.92. The minimum Gasteiger partial charge on any atom is -0.337 e. The zero-order chi connectivity index (χ0) is 20.3. The van der Waals surface area contributed by atoms with Gasteiger partial charge < -0.3 is 4.98 Å². The van der Waals surface area contributed by atoms with Gasteiger partial charge in [-0.15, -0.1) is 0 Å². The fourth-order valence-corrected chi connectivity index (χ4v) is 3.46. The van der Waals surface area contributed by atoms with Gasteiger partial charge in [0.15, 0.2) is 5.82 Å². The summed E-state index contributed by atoms with van der Waals surface area (Å²) in [6, 6.07) is 21.9. The van der Waals surface area contributed by atoms with Crippen molar-refractivity contribution in [3.05, 3.63) is 102 Å². The summed E-state index contributed by atoms with van der Waals surface area (Å²) in [6.45, 7) is 0.688. The number of pyridine rings is 1. The lowest BCUT2D eigenvalue weighted by molar-refractivity contribution is 0.687. The van der Waals surface area contributed by atoms with Gasteiger partial charge in [-0.25, -0.2) is 4.98 Å². The van der Waals surface area contributed by atoms with Gasteiger partial charge in [-0.1, -0.05) is 54.1 Å². The number of hydrogen-bond acceptors (Lipinski definition) is 3. The van der Waals surface area contributed by atoms with Crippen molar-refractivity contribution in [2.75, 3.05) is 0 Å². The number of nitrogens with zero attached hydrogens (tertiary/aromatic N) is 4. The molecule has 0 aliphatic carbocycles. The second-order valence-electron chi connectivity index (χ2n) is 6.99. The number of nitrogens with one attached hydrogen (secondary N) is 1. The highest BCUT2D eigenvalue weighted by Gasteiger charge is 2.09. The van der Waals surface area contributed by atoms with Crippen molar-refractivity contribution in [1.82, 2.24) is 24.7 Å². The third kappa shape index (κ3) is 3.88. The van der Waals surface area contributed by atoms with Crippen LogP contribution in [0.4, 0.5) is 0 Å². The molecule has 3 heterocycles. The molecule has 0 radical (unpaired) electrons. The lowest BCUT2D eigenvalue weighted by atomic mass is 10.1. The first kappa shape index (κ1) is 18.3. The van der Waals surface area contributed by atoms with Gasteiger partial charge in [0.1, 0.15) is 5.69 Å². The first-order chi connectivity index (χ1) is 14.7. The number of aromatic amines is 1. The molecular formula is C24H18ClN5. The first-order valence-electron chi connectivity index (χ1n) is 9.59. The van der Waals surface area contributed by atoms with Gasteiger partial charge >= 0.3 is 0 Å². The number of benzene rings is 2. The molecule has 5 aromatic rings. The molecule has 1 N–H and O–H groups in total. The molecule has 2 aromatic carbocycles. The largest absolute Gasteiger partial charge is 0.337 e. The average molecular weight is 412 g/mol. The summed E-state index contributed by atoms with van der Waals surface area (Å²) in [6.07, 6.45) is 7.53. The van der Waals surface area contributed by atoms with Gasteiger partial charge in [-0.3, -0.25) is 9.67 Å². The van der Waals surface area contributed by atoms with Crippen LogP contribution in [0.2, 0.25) is 5.02 Å². The van der Waals surface area contributed by atoms with Crippen LogP contribution < -0.4 is 0 Å². The molecule has 0 amide bonds. The van der Waals surface area contributed by atoms with E-state index in [2.05, 4.69) is 32.2 Å². The van der Waals surface area contributed by atoms with Crippen molar-refractivity contribution < 1.29 is 0 Å². The SMILES string of the molecule is Clc1ccc(Cn2cc(-c3ccnc(-c4ncc(-c5ccccc5)[nH]4)c3)cn2)cc1. The Kier molecular flexibility index (Phi) is 4.87. The fraction of sp³-hybridized carbons (Fsp3) is 0.0417. The molecule has 0 spiro atoms. The molecule has 6 heteroatoms. The Hall–Kier alpha value is -3.70. The molecule has 0 bridgehead atoms. The van der Waals surface area contributed by atoms with E-state index in [0.29, 0.717) is 6.54 Å². The maximum absolute atomic E-state index is 5.96. The predicted octanol–water partition coefficient (Wildman–Crippen LogP) is 5.70. The summed E-state index contributed by atoms with van der Waals surface area (Å²) in [5, 5.41) is 5.23. The van der Waals surface area contributed by atoms with Crippen LogP contribution in [0.5, 0.6) is 0 Å². The van der Waals surface area contributed by atoms with Crippen molar-refractivity contribution >= 4 is 11.6 Å². The van der Waals surface area contributed by atoms with Gasteiger partial charge in [-0.05, 0) is 41.0 Å². The van der Waals surface area contributed by atoms with Crippen LogP contribution in [0, 0.1) is 0 Å². The van der Waals surface area contributed by atoms with Crippen molar-refractivity contribution in [2.45, 2.75) is 6.54 Å². The highest BCUT2D eigenvalue weighted by Crippen LogP contribution is 2.25. The van der Waals surface area contributed by atoms with E-state index in [4.69, 9.17) is 11.6 Å². The van der Waals surface area contributed by atoms with Crippen LogP contribution in [-0.2, 0) is 6.54 Å². The summed E-state index contributed by atoms with van der Waals surface area (Å²) in [7, 11) is 0. The molecule has 0 unspecified atom stereocenters. The van der Waals surface area contributed by atoms with Gasteiger partial charge in [-0.2, -0.15) is 5.10 Å². The maximum Gasteiger partial charge on any atom is 0.156 e. The van der Waals surface area contributed by atoms with Crippen LogP contribution in [0.3, 0.4) is 0 Å². The number of H-pyrrole nitrogens is 1. The Morgan fingerprint density at radius 1 is 0.833 bits per heavy atom. The molecule has 0 atom stereocenters. The van der Waals surface area contributed by atoms with E-state index in [9.17, 15) is 0 Å². The molecule has 0 aliphatic heterocycles. The van der Waals surface area contributed by atoms with Crippen LogP contribution in [0.1, 0.15) is 5.56 Å². The third-order valence-electron chi connectivity index (χ3n) is 4.89. The molecule has 146 valence electrons. The zero-order valence-corrected chi connectivity index (χ0v) is 16.8. The minimum absolute atomic E-state index is 0.688. The van der Waals surface area contributed by atoms with E-state index >= 15 is 0 Å². The Balaban J connectivity index is 1.38. The Bertz CT molecular complexity index is 1270. The molecular weight excluding hydrogens is 394 g/mol. The zero-order valence-electron chi connectivity index (χ0n) is 16.0. The average Bonchev–Trinajstić information content (AvgIpc) is 3.46.